The Kier molecular flexibility index (Phi) is 5.10. The number of anilines is 1. The SMILES string of the molecule is COc1ccc2occ(CC(=O)N3CCN(c4ccccc4OC)CC3)c2c1. The summed E-state index contributed by atoms with van der Waals surface area (Å²) in [5, 5.41) is 0.931. The molecule has 0 bridgehead atoms. The maximum absolute atomic E-state index is 12.8. The number of hydrogen-bond acceptors (Lipinski definition) is 5. The summed E-state index contributed by atoms with van der Waals surface area (Å²) in [4.78, 5) is 17.0. The molecule has 6 heteroatoms. The second kappa shape index (κ2) is 7.84. The van der Waals surface area contributed by atoms with Gasteiger partial charge >= 0.3 is 0 Å². The molecule has 0 atom stereocenters. The van der Waals surface area contributed by atoms with Crippen molar-refractivity contribution in [3.8, 4) is 11.5 Å². The summed E-state index contributed by atoms with van der Waals surface area (Å²) in [6.45, 7) is 2.95. The first-order valence-corrected chi connectivity index (χ1v) is 9.39. The number of rotatable bonds is 5. The van der Waals surface area contributed by atoms with E-state index in [1.165, 1.54) is 0 Å². The molecule has 6 nitrogen and oxygen atoms in total. The van der Waals surface area contributed by atoms with Gasteiger partial charge in [-0.25, -0.2) is 0 Å². The minimum Gasteiger partial charge on any atom is -0.497 e. The van der Waals surface area contributed by atoms with Gasteiger partial charge in [0.2, 0.25) is 5.91 Å². The lowest BCUT2D eigenvalue weighted by Crippen LogP contribution is -2.49. The number of amides is 1. The number of carbonyl (C=O) groups is 1. The van der Waals surface area contributed by atoms with E-state index in [4.69, 9.17) is 13.9 Å². The average molecular weight is 380 g/mol. The molecule has 0 unspecified atom stereocenters. The quantitative estimate of drug-likeness (QED) is 0.680. The highest BCUT2D eigenvalue weighted by molar-refractivity contribution is 5.88. The van der Waals surface area contributed by atoms with Crippen molar-refractivity contribution < 1.29 is 18.7 Å². The third kappa shape index (κ3) is 3.50. The van der Waals surface area contributed by atoms with Gasteiger partial charge in [0.1, 0.15) is 17.1 Å². The van der Waals surface area contributed by atoms with Crippen molar-refractivity contribution >= 4 is 22.6 Å². The molecule has 2 aromatic carbocycles. The van der Waals surface area contributed by atoms with E-state index in [-0.39, 0.29) is 5.91 Å². The summed E-state index contributed by atoms with van der Waals surface area (Å²) in [7, 11) is 3.32. The zero-order valence-electron chi connectivity index (χ0n) is 16.2. The Balaban J connectivity index is 1.42. The summed E-state index contributed by atoms with van der Waals surface area (Å²) < 4.78 is 16.3. The number of para-hydroxylation sites is 2. The van der Waals surface area contributed by atoms with Crippen molar-refractivity contribution in [2.75, 3.05) is 45.3 Å². The van der Waals surface area contributed by atoms with Crippen LogP contribution in [0.5, 0.6) is 11.5 Å². The first-order chi connectivity index (χ1) is 13.7. The van der Waals surface area contributed by atoms with Crippen LogP contribution in [-0.4, -0.2) is 51.2 Å². The van der Waals surface area contributed by atoms with Gasteiger partial charge in [-0.3, -0.25) is 4.79 Å². The van der Waals surface area contributed by atoms with Crippen molar-refractivity contribution in [2.24, 2.45) is 0 Å². The first-order valence-electron chi connectivity index (χ1n) is 9.39. The van der Waals surface area contributed by atoms with Crippen LogP contribution in [0.25, 0.3) is 11.0 Å². The average Bonchev–Trinajstić information content (AvgIpc) is 3.15. The predicted octanol–water partition coefficient (Wildman–Crippen LogP) is 3.34. The number of benzene rings is 2. The molecule has 0 aliphatic carbocycles. The van der Waals surface area contributed by atoms with Crippen molar-refractivity contribution in [1.82, 2.24) is 4.90 Å². The van der Waals surface area contributed by atoms with Gasteiger partial charge in [-0.15, -0.1) is 0 Å². The van der Waals surface area contributed by atoms with Crippen molar-refractivity contribution in [3.63, 3.8) is 0 Å². The lowest BCUT2D eigenvalue weighted by atomic mass is 10.1. The first kappa shape index (κ1) is 18.2. The van der Waals surface area contributed by atoms with E-state index in [1.807, 2.05) is 41.3 Å². The molecule has 146 valence electrons. The Morgan fingerprint density at radius 1 is 1.04 bits per heavy atom. The molecule has 1 aliphatic rings. The molecule has 0 N–H and O–H groups in total. The van der Waals surface area contributed by atoms with Gasteiger partial charge in [-0.2, -0.15) is 0 Å². The summed E-state index contributed by atoms with van der Waals surface area (Å²) in [5.41, 5.74) is 2.74. The van der Waals surface area contributed by atoms with Gasteiger partial charge in [-0.1, -0.05) is 12.1 Å². The Bertz CT molecular complexity index is 974. The maximum Gasteiger partial charge on any atom is 0.227 e. The van der Waals surface area contributed by atoms with Crippen LogP contribution in [0.1, 0.15) is 5.56 Å². The molecular formula is C22H24N2O4. The Labute approximate surface area is 164 Å². The van der Waals surface area contributed by atoms with Crippen LogP contribution in [0.3, 0.4) is 0 Å². The van der Waals surface area contributed by atoms with Gasteiger partial charge < -0.3 is 23.7 Å². The largest absolute Gasteiger partial charge is 0.497 e. The van der Waals surface area contributed by atoms with E-state index in [0.29, 0.717) is 19.5 Å². The molecule has 4 rings (SSSR count). The van der Waals surface area contributed by atoms with Crippen LogP contribution in [0.4, 0.5) is 5.69 Å². The lowest BCUT2D eigenvalue weighted by Gasteiger charge is -2.36. The highest BCUT2D eigenvalue weighted by Crippen LogP contribution is 2.29. The predicted molar refractivity (Wildman–Crippen MR) is 108 cm³/mol. The number of fused-ring (bicyclic) bond motifs is 1. The van der Waals surface area contributed by atoms with E-state index >= 15 is 0 Å². The molecular weight excluding hydrogens is 356 g/mol. The standard InChI is InChI=1S/C22H24N2O4/c1-26-17-7-8-20-18(14-17)16(15-28-20)13-22(25)24-11-9-23(10-12-24)19-5-3-4-6-21(19)27-2/h3-8,14-15H,9-13H2,1-2H3. The van der Waals surface area contributed by atoms with Crippen LogP contribution < -0.4 is 14.4 Å². The second-order valence-electron chi connectivity index (χ2n) is 6.84. The summed E-state index contributed by atoms with van der Waals surface area (Å²) >= 11 is 0. The zero-order valence-corrected chi connectivity index (χ0v) is 16.2. The van der Waals surface area contributed by atoms with Gasteiger partial charge in [-0.05, 0) is 30.3 Å². The zero-order chi connectivity index (χ0) is 19.5. The smallest absolute Gasteiger partial charge is 0.227 e. The molecule has 1 aromatic heterocycles. The minimum absolute atomic E-state index is 0.116. The van der Waals surface area contributed by atoms with Crippen molar-refractivity contribution in [1.29, 1.82) is 0 Å². The molecule has 3 aromatic rings. The van der Waals surface area contributed by atoms with Gasteiger partial charge in [0.25, 0.3) is 0 Å². The summed E-state index contributed by atoms with van der Waals surface area (Å²) in [6, 6.07) is 13.6. The number of furan rings is 1. The van der Waals surface area contributed by atoms with Gasteiger partial charge in [0, 0.05) is 37.1 Å². The Morgan fingerprint density at radius 2 is 1.82 bits per heavy atom. The fourth-order valence-corrected chi connectivity index (χ4v) is 3.69. The van der Waals surface area contributed by atoms with Crippen LogP contribution >= 0.6 is 0 Å². The number of carbonyl (C=O) groups excluding carboxylic acids is 1. The van der Waals surface area contributed by atoms with Gasteiger partial charge in [0.15, 0.2) is 0 Å². The van der Waals surface area contributed by atoms with Crippen LogP contribution in [-0.2, 0) is 11.2 Å². The van der Waals surface area contributed by atoms with E-state index in [2.05, 4.69) is 11.0 Å². The van der Waals surface area contributed by atoms with E-state index in [9.17, 15) is 4.79 Å². The Hall–Kier alpha value is -3.15. The van der Waals surface area contributed by atoms with Crippen LogP contribution in [0.2, 0.25) is 0 Å². The van der Waals surface area contributed by atoms with Crippen molar-refractivity contribution in [3.05, 3.63) is 54.3 Å². The van der Waals surface area contributed by atoms with E-state index < -0.39 is 0 Å². The molecule has 0 spiro atoms. The van der Waals surface area contributed by atoms with Gasteiger partial charge in [0.05, 0.1) is 32.6 Å². The Morgan fingerprint density at radius 3 is 2.57 bits per heavy atom. The molecule has 1 saturated heterocycles. The number of hydrogen-bond donors (Lipinski definition) is 0. The fraction of sp³-hybridized carbons (Fsp3) is 0.318. The normalized spacial score (nSPS) is 14.4. The third-order valence-electron chi connectivity index (χ3n) is 5.26. The lowest BCUT2D eigenvalue weighted by molar-refractivity contribution is -0.130. The van der Waals surface area contributed by atoms with E-state index in [0.717, 1.165) is 46.8 Å². The van der Waals surface area contributed by atoms with Crippen molar-refractivity contribution in [2.45, 2.75) is 6.42 Å². The topological polar surface area (TPSA) is 55.2 Å². The number of piperazine rings is 1. The molecule has 0 radical (unpaired) electrons. The van der Waals surface area contributed by atoms with Crippen LogP contribution in [0, 0.1) is 0 Å². The summed E-state index contributed by atoms with van der Waals surface area (Å²) in [6.07, 6.45) is 2.00. The maximum atomic E-state index is 12.8. The summed E-state index contributed by atoms with van der Waals surface area (Å²) in [5.74, 6) is 1.74. The van der Waals surface area contributed by atoms with Crippen LogP contribution in [0.15, 0.2) is 53.1 Å². The monoisotopic (exact) mass is 380 g/mol. The molecule has 0 saturated carbocycles. The number of nitrogens with zero attached hydrogens (tertiary/aromatic N) is 2. The highest BCUT2D eigenvalue weighted by Gasteiger charge is 2.23. The molecule has 1 aliphatic heterocycles. The number of ether oxygens (including phenoxy) is 2. The minimum atomic E-state index is 0.116. The third-order valence-corrected chi connectivity index (χ3v) is 5.26. The number of methoxy groups -OCH3 is 2. The fourth-order valence-electron chi connectivity index (χ4n) is 3.69. The molecule has 1 fully saturated rings. The second-order valence-corrected chi connectivity index (χ2v) is 6.84. The van der Waals surface area contributed by atoms with E-state index in [1.54, 1.807) is 20.5 Å². The molecule has 2 heterocycles. The highest BCUT2D eigenvalue weighted by atomic mass is 16.5. The molecule has 28 heavy (non-hydrogen) atoms. The molecule has 1 amide bonds.